The van der Waals surface area contributed by atoms with Gasteiger partial charge < -0.3 is 14.7 Å². The van der Waals surface area contributed by atoms with E-state index in [4.69, 9.17) is 16.3 Å². The van der Waals surface area contributed by atoms with Gasteiger partial charge in [0.1, 0.15) is 5.75 Å². The number of hydrogen-bond acceptors (Lipinski definition) is 3. The van der Waals surface area contributed by atoms with Gasteiger partial charge in [-0.15, -0.1) is 0 Å². The first-order valence-corrected chi connectivity index (χ1v) is 9.02. The second-order valence-corrected chi connectivity index (χ2v) is 7.00. The second-order valence-electron chi connectivity index (χ2n) is 6.56. The molecule has 1 N–H and O–H groups in total. The van der Waals surface area contributed by atoms with Gasteiger partial charge in [0.2, 0.25) is 0 Å². The predicted molar refractivity (Wildman–Crippen MR) is 104 cm³/mol. The minimum Gasteiger partial charge on any atom is -0.497 e. The third kappa shape index (κ3) is 3.94. The van der Waals surface area contributed by atoms with Gasteiger partial charge in [0, 0.05) is 23.2 Å². The van der Waals surface area contributed by atoms with Gasteiger partial charge in [-0.2, -0.15) is 0 Å². The molecule has 5 nitrogen and oxygen atoms in total. The summed E-state index contributed by atoms with van der Waals surface area (Å²) in [6.45, 7) is 1.44. The first kappa shape index (κ1) is 18.5. The van der Waals surface area contributed by atoms with Crippen LogP contribution in [0.5, 0.6) is 5.75 Å². The van der Waals surface area contributed by atoms with Crippen molar-refractivity contribution in [2.45, 2.75) is 18.9 Å². The van der Waals surface area contributed by atoms with Crippen molar-refractivity contribution in [3.05, 3.63) is 47.5 Å². The number of amides is 1. The molecule has 1 amide bonds. The molecular formula is C20H23ClN2O3. The van der Waals surface area contributed by atoms with Crippen LogP contribution >= 0.6 is 11.6 Å². The van der Waals surface area contributed by atoms with Crippen molar-refractivity contribution < 1.29 is 14.6 Å². The van der Waals surface area contributed by atoms with Crippen molar-refractivity contribution in [1.82, 2.24) is 4.90 Å². The summed E-state index contributed by atoms with van der Waals surface area (Å²) in [7, 11) is 3.64. The Morgan fingerprint density at radius 2 is 2.15 bits per heavy atom. The zero-order valence-corrected chi connectivity index (χ0v) is 15.7. The molecule has 1 aliphatic rings. The van der Waals surface area contributed by atoms with Crippen molar-refractivity contribution in [2.75, 3.05) is 32.1 Å². The number of hydrogen-bond donors (Lipinski definition) is 1. The van der Waals surface area contributed by atoms with E-state index in [1.54, 1.807) is 25.3 Å². The van der Waals surface area contributed by atoms with Crippen molar-refractivity contribution in [2.24, 2.45) is 0 Å². The first-order chi connectivity index (χ1) is 12.5. The smallest absolute Gasteiger partial charge is 0.411 e. The lowest BCUT2D eigenvalue weighted by molar-refractivity contribution is 0.198. The largest absolute Gasteiger partial charge is 0.497 e. The van der Waals surface area contributed by atoms with E-state index in [0.717, 1.165) is 30.5 Å². The Labute approximate surface area is 158 Å². The van der Waals surface area contributed by atoms with Crippen LogP contribution in [0.15, 0.2) is 42.5 Å². The van der Waals surface area contributed by atoms with Gasteiger partial charge in [0.25, 0.3) is 0 Å². The minimum absolute atomic E-state index is 0.223. The Bertz CT molecular complexity index is 796. The van der Waals surface area contributed by atoms with Crippen LogP contribution in [0.2, 0.25) is 5.02 Å². The number of nitrogens with zero attached hydrogens (tertiary/aromatic N) is 2. The monoisotopic (exact) mass is 374 g/mol. The van der Waals surface area contributed by atoms with Crippen molar-refractivity contribution >= 4 is 23.4 Å². The molecule has 2 aromatic rings. The number of carboxylic acid groups (broad SMARTS) is 1. The van der Waals surface area contributed by atoms with Crippen LogP contribution in [0.25, 0.3) is 11.1 Å². The molecule has 1 fully saturated rings. The minimum atomic E-state index is -0.959. The number of halogens is 1. The molecule has 2 aromatic carbocycles. The molecule has 0 unspecified atom stereocenters. The molecule has 0 radical (unpaired) electrons. The van der Waals surface area contributed by atoms with E-state index in [1.165, 1.54) is 4.90 Å². The van der Waals surface area contributed by atoms with Crippen molar-refractivity contribution in [3.63, 3.8) is 0 Å². The van der Waals surface area contributed by atoms with Crippen LogP contribution in [0.3, 0.4) is 0 Å². The number of ether oxygens (including phenoxy) is 1. The van der Waals surface area contributed by atoms with Crippen LogP contribution in [0.1, 0.15) is 12.8 Å². The molecule has 138 valence electrons. The average Bonchev–Trinajstić information content (AvgIpc) is 3.04. The van der Waals surface area contributed by atoms with Gasteiger partial charge in [-0.05, 0) is 62.3 Å². The summed E-state index contributed by atoms with van der Waals surface area (Å²) >= 11 is 6.15. The van der Waals surface area contributed by atoms with Gasteiger partial charge in [-0.25, -0.2) is 4.79 Å². The molecule has 0 aromatic heterocycles. The maximum atomic E-state index is 12.0. The van der Waals surface area contributed by atoms with E-state index in [9.17, 15) is 9.90 Å². The number of anilines is 1. The molecule has 0 aliphatic carbocycles. The molecule has 1 saturated heterocycles. The van der Waals surface area contributed by atoms with Crippen molar-refractivity contribution in [3.8, 4) is 16.9 Å². The fourth-order valence-corrected chi connectivity index (χ4v) is 3.66. The lowest BCUT2D eigenvalue weighted by Crippen LogP contribution is -2.41. The maximum absolute atomic E-state index is 12.0. The zero-order chi connectivity index (χ0) is 18.7. The summed E-state index contributed by atoms with van der Waals surface area (Å²) in [6, 6.07) is 13.1. The highest BCUT2D eigenvalue weighted by Gasteiger charge is 2.28. The van der Waals surface area contributed by atoms with Crippen LogP contribution < -0.4 is 9.64 Å². The fraction of sp³-hybridized carbons (Fsp3) is 0.350. The van der Waals surface area contributed by atoms with E-state index < -0.39 is 6.09 Å². The normalized spacial score (nSPS) is 17.3. The quantitative estimate of drug-likeness (QED) is 0.831. The molecule has 0 spiro atoms. The van der Waals surface area contributed by atoms with Gasteiger partial charge in [0.05, 0.1) is 12.8 Å². The van der Waals surface area contributed by atoms with Crippen LogP contribution in [0, 0.1) is 0 Å². The van der Waals surface area contributed by atoms with Gasteiger partial charge >= 0.3 is 6.09 Å². The van der Waals surface area contributed by atoms with Gasteiger partial charge in [-0.3, -0.25) is 4.90 Å². The highest BCUT2D eigenvalue weighted by molar-refractivity contribution is 6.30. The topological polar surface area (TPSA) is 53.0 Å². The Morgan fingerprint density at radius 3 is 2.77 bits per heavy atom. The lowest BCUT2D eigenvalue weighted by Gasteiger charge is -2.28. The maximum Gasteiger partial charge on any atom is 0.411 e. The summed E-state index contributed by atoms with van der Waals surface area (Å²) in [5, 5.41) is 10.5. The Morgan fingerprint density at radius 1 is 1.35 bits per heavy atom. The van der Waals surface area contributed by atoms with Gasteiger partial charge in [-0.1, -0.05) is 23.7 Å². The number of carbonyl (C=O) groups is 1. The summed E-state index contributed by atoms with van der Waals surface area (Å²) in [4.78, 5) is 15.7. The van der Waals surface area contributed by atoms with E-state index >= 15 is 0 Å². The van der Waals surface area contributed by atoms with Crippen LogP contribution in [0.4, 0.5) is 10.5 Å². The number of likely N-dealkylation sites (tertiary alicyclic amines) is 1. The highest BCUT2D eigenvalue weighted by Crippen LogP contribution is 2.36. The molecule has 1 heterocycles. The average molecular weight is 375 g/mol. The molecule has 26 heavy (non-hydrogen) atoms. The predicted octanol–water partition coefficient (Wildman–Crippen LogP) is 4.59. The van der Waals surface area contributed by atoms with E-state index in [2.05, 4.69) is 4.90 Å². The number of rotatable bonds is 5. The standard InChI is InChI=1S/C20H23ClN2O3/c1-22-10-4-7-16(22)13-23(20(24)25)19-9-8-17(26-2)12-18(19)14-5-3-6-15(21)11-14/h3,5-6,8-9,11-12,16H,4,7,10,13H2,1-2H3,(H,24,25)/t16-/m0/s1. The number of benzene rings is 2. The van der Waals surface area contributed by atoms with E-state index in [0.29, 0.717) is 23.0 Å². The van der Waals surface area contributed by atoms with Crippen LogP contribution in [-0.4, -0.2) is 49.4 Å². The Kier molecular flexibility index (Phi) is 5.69. The SMILES string of the molecule is COc1ccc(N(C[C@@H]2CCCN2C)C(=O)O)c(-c2cccc(Cl)c2)c1. The molecule has 0 bridgehead atoms. The molecule has 1 aliphatic heterocycles. The third-order valence-electron chi connectivity index (χ3n) is 4.93. The first-order valence-electron chi connectivity index (χ1n) is 8.64. The molecule has 6 heteroatoms. The highest BCUT2D eigenvalue weighted by atomic mass is 35.5. The summed E-state index contributed by atoms with van der Waals surface area (Å²) < 4.78 is 5.35. The van der Waals surface area contributed by atoms with E-state index in [1.807, 2.05) is 31.3 Å². The molecular weight excluding hydrogens is 352 g/mol. The molecule has 1 atom stereocenters. The lowest BCUT2D eigenvalue weighted by atomic mass is 10.0. The summed E-state index contributed by atoms with van der Waals surface area (Å²) in [5.41, 5.74) is 2.29. The summed E-state index contributed by atoms with van der Waals surface area (Å²) in [5.74, 6) is 0.673. The Balaban J connectivity index is 2.04. The van der Waals surface area contributed by atoms with Gasteiger partial charge in [0.15, 0.2) is 0 Å². The number of methoxy groups -OCH3 is 1. The second kappa shape index (κ2) is 7.98. The van der Waals surface area contributed by atoms with Crippen molar-refractivity contribution in [1.29, 1.82) is 0 Å². The third-order valence-corrected chi connectivity index (χ3v) is 5.16. The van der Waals surface area contributed by atoms with E-state index in [-0.39, 0.29) is 6.04 Å². The molecule has 3 rings (SSSR count). The Hall–Kier alpha value is -2.24. The molecule has 0 saturated carbocycles. The van der Waals surface area contributed by atoms with Crippen LogP contribution in [-0.2, 0) is 0 Å². The number of likely N-dealkylation sites (N-methyl/N-ethyl adjacent to an activating group) is 1. The fourth-order valence-electron chi connectivity index (χ4n) is 3.46. The zero-order valence-electron chi connectivity index (χ0n) is 15.0. The summed E-state index contributed by atoms with van der Waals surface area (Å²) in [6.07, 6.45) is 1.14.